The number of carbonyl (C=O) groups excluding carboxylic acids is 2. The number of para-hydroxylation sites is 2. The van der Waals surface area contributed by atoms with Gasteiger partial charge in [0.05, 0.1) is 17.7 Å². The smallest absolute Gasteiger partial charge is 0.264 e. The van der Waals surface area contributed by atoms with Gasteiger partial charge in [0.15, 0.2) is 0 Å². The number of amides is 2. The van der Waals surface area contributed by atoms with Crippen LogP contribution in [0.15, 0.2) is 77.7 Å². The summed E-state index contributed by atoms with van der Waals surface area (Å²) in [6.07, 6.45) is 0. The summed E-state index contributed by atoms with van der Waals surface area (Å²) in [7, 11) is -2.76. The second-order valence-corrected chi connectivity index (χ2v) is 10.9. The maximum atomic E-state index is 13.9. The topological polar surface area (TPSA) is 96.0 Å². The van der Waals surface area contributed by atoms with Gasteiger partial charge in [-0.3, -0.25) is 13.9 Å². The van der Waals surface area contributed by atoms with Crippen LogP contribution in [0.5, 0.6) is 5.75 Å². The Morgan fingerprint density at radius 1 is 1.00 bits per heavy atom. The fourth-order valence-corrected chi connectivity index (χ4v) is 5.52. The van der Waals surface area contributed by atoms with E-state index in [9.17, 15) is 18.0 Å². The van der Waals surface area contributed by atoms with Crippen LogP contribution in [0.2, 0.25) is 5.02 Å². The first kappa shape index (κ1) is 29.0. The third-order valence-corrected chi connectivity index (χ3v) is 8.20. The Kier molecular flexibility index (Phi) is 9.77. The van der Waals surface area contributed by atoms with E-state index in [1.54, 1.807) is 74.5 Å². The monoisotopic (exact) mass is 557 g/mol. The maximum absolute atomic E-state index is 13.9. The molecule has 0 saturated carbocycles. The Morgan fingerprint density at radius 3 is 2.26 bits per heavy atom. The minimum Gasteiger partial charge on any atom is -0.495 e. The van der Waals surface area contributed by atoms with E-state index in [1.165, 1.54) is 24.1 Å². The lowest BCUT2D eigenvalue weighted by Gasteiger charge is -2.32. The van der Waals surface area contributed by atoms with E-state index >= 15 is 0 Å². The molecule has 8 nitrogen and oxygen atoms in total. The van der Waals surface area contributed by atoms with E-state index in [0.717, 1.165) is 9.87 Å². The van der Waals surface area contributed by atoms with Gasteiger partial charge in [0.25, 0.3) is 10.0 Å². The number of rotatable bonds is 11. The van der Waals surface area contributed by atoms with Gasteiger partial charge in [-0.2, -0.15) is 0 Å². The average Bonchev–Trinajstić information content (AvgIpc) is 2.91. The van der Waals surface area contributed by atoms with Gasteiger partial charge in [0.2, 0.25) is 11.8 Å². The number of anilines is 1. The molecule has 202 valence electrons. The van der Waals surface area contributed by atoms with E-state index in [1.807, 2.05) is 6.92 Å². The molecule has 3 rings (SSSR count). The summed E-state index contributed by atoms with van der Waals surface area (Å²) in [4.78, 5) is 28.0. The highest BCUT2D eigenvalue weighted by molar-refractivity contribution is 7.92. The van der Waals surface area contributed by atoms with Crippen LogP contribution >= 0.6 is 11.6 Å². The van der Waals surface area contributed by atoms with Crippen molar-refractivity contribution in [3.63, 3.8) is 0 Å². The Balaban J connectivity index is 2.08. The van der Waals surface area contributed by atoms with Gasteiger partial charge in [0.1, 0.15) is 18.3 Å². The van der Waals surface area contributed by atoms with Crippen molar-refractivity contribution in [2.45, 2.75) is 38.3 Å². The molecule has 1 N–H and O–H groups in total. The van der Waals surface area contributed by atoms with Crippen molar-refractivity contribution in [1.82, 2.24) is 10.2 Å². The summed E-state index contributed by atoms with van der Waals surface area (Å²) in [5.74, 6) is -0.659. The Labute approximate surface area is 229 Å². The van der Waals surface area contributed by atoms with Crippen molar-refractivity contribution in [3.05, 3.63) is 88.9 Å². The second kappa shape index (κ2) is 12.8. The largest absolute Gasteiger partial charge is 0.495 e. The molecule has 10 heteroatoms. The number of ether oxygens (including phenoxy) is 1. The number of benzene rings is 3. The SMILES string of the molecule is CCNC(=O)C(C)N(Cc1ccccc1Cl)C(=O)CN(c1ccccc1OC)S(=O)(=O)c1ccc(C)cc1. The van der Waals surface area contributed by atoms with Crippen LogP contribution in [0.25, 0.3) is 0 Å². The number of hydrogen-bond acceptors (Lipinski definition) is 5. The molecule has 0 aliphatic heterocycles. The first-order valence-electron chi connectivity index (χ1n) is 12.1. The summed E-state index contributed by atoms with van der Waals surface area (Å²) in [5, 5.41) is 3.16. The Morgan fingerprint density at radius 2 is 1.63 bits per heavy atom. The van der Waals surface area contributed by atoms with Crippen LogP contribution in [0.4, 0.5) is 5.69 Å². The standard InChI is InChI=1S/C28H32ClN3O5S/c1-5-30-28(34)21(3)31(18-22-10-6-7-11-24(22)29)27(33)19-32(25-12-8-9-13-26(25)37-4)38(35,36)23-16-14-20(2)15-17-23/h6-17,21H,5,18-19H2,1-4H3,(H,30,34). The van der Waals surface area contributed by atoms with Gasteiger partial charge in [-0.15, -0.1) is 0 Å². The van der Waals surface area contributed by atoms with Crippen LogP contribution in [0.1, 0.15) is 25.0 Å². The van der Waals surface area contributed by atoms with Crippen molar-refractivity contribution < 1.29 is 22.7 Å². The molecule has 0 aromatic heterocycles. The van der Waals surface area contributed by atoms with Crippen molar-refractivity contribution >= 4 is 39.1 Å². The first-order chi connectivity index (χ1) is 18.1. The molecule has 0 fully saturated rings. The maximum Gasteiger partial charge on any atom is 0.264 e. The molecule has 1 atom stereocenters. The number of carbonyl (C=O) groups is 2. The number of sulfonamides is 1. The lowest BCUT2D eigenvalue weighted by atomic mass is 10.1. The fourth-order valence-electron chi connectivity index (χ4n) is 3.90. The lowest BCUT2D eigenvalue weighted by molar-refractivity contribution is -0.139. The molecule has 1 unspecified atom stereocenters. The molecule has 0 heterocycles. The van der Waals surface area contributed by atoms with E-state index in [4.69, 9.17) is 16.3 Å². The van der Waals surface area contributed by atoms with Gasteiger partial charge >= 0.3 is 0 Å². The highest BCUT2D eigenvalue weighted by atomic mass is 35.5. The number of likely N-dealkylation sites (N-methyl/N-ethyl adjacent to an activating group) is 1. The van der Waals surface area contributed by atoms with Crippen molar-refractivity contribution in [2.24, 2.45) is 0 Å². The Bertz CT molecular complexity index is 1380. The number of nitrogens with zero attached hydrogens (tertiary/aromatic N) is 2. The van der Waals surface area contributed by atoms with E-state index in [0.29, 0.717) is 17.1 Å². The van der Waals surface area contributed by atoms with E-state index in [-0.39, 0.29) is 28.8 Å². The van der Waals surface area contributed by atoms with Crippen molar-refractivity contribution in [3.8, 4) is 5.75 Å². The highest BCUT2D eigenvalue weighted by Gasteiger charge is 2.33. The quantitative estimate of drug-likeness (QED) is 0.377. The fraction of sp³-hybridized carbons (Fsp3) is 0.286. The molecule has 3 aromatic rings. The van der Waals surface area contributed by atoms with Gasteiger partial charge in [-0.25, -0.2) is 8.42 Å². The summed E-state index contributed by atoms with van der Waals surface area (Å²) in [6.45, 7) is 5.07. The predicted molar refractivity (Wildman–Crippen MR) is 149 cm³/mol. The zero-order valence-electron chi connectivity index (χ0n) is 21.8. The molecule has 0 spiro atoms. The van der Waals surface area contributed by atoms with Crippen molar-refractivity contribution in [2.75, 3.05) is 24.5 Å². The number of halogens is 1. The summed E-state index contributed by atoms with van der Waals surface area (Å²) in [6, 6.07) is 19.1. The summed E-state index contributed by atoms with van der Waals surface area (Å²) < 4.78 is 34.2. The zero-order valence-corrected chi connectivity index (χ0v) is 23.4. The van der Waals surface area contributed by atoms with Gasteiger partial charge < -0.3 is 15.0 Å². The molecule has 0 saturated heterocycles. The molecular weight excluding hydrogens is 526 g/mol. The van der Waals surface area contributed by atoms with Gasteiger partial charge in [-0.1, -0.05) is 59.6 Å². The third kappa shape index (κ3) is 6.65. The van der Waals surface area contributed by atoms with Crippen LogP contribution in [0, 0.1) is 6.92 Å². The van der Waals surface area contributed by atoms with Gasteiger partial charge in [0, 0.05) is 18.1 Å². The molecule has 3 aromatic carbocycles. The van der Waals surface area contributed by atoms with Gasteiger partial charge in [-0.05, 0) is 56.7 Å². The molecule has 0 aliphatic carbocycles. The van der Waals surface area contributed by atoms with Crippen LogP contribution in [-0.4, -0.2) is 51.4 Å². The number of nitrogens with one attached hydrogen (secondary N) is 1. The second-order valence-electron chi connectivity index (χ2n) is 8.68. The van der Waals surface area contributed by atoms with Crippen LogP contribution in [0.3, 0.4) is 0 Å². The van der Waals surface area contributed by atoms with E-state index in [2.05, 4.69) is 5.32 Å². The molecule has 2 amide bonds. The average molecular weight is 558 g/mol. The molecule has 0 aliphatic rings. The van der Waals surface area contributed by atoms with Crippen molar-refractivity contribution in [1.29, 1.82) is 0 Å². The molecular formula is C28H32ClN3O5S. The number of hydrogen-bond donors (Lipinski definition) is 1. The first-order valence-corrected chi connectivity index (χ1v) is 13.9. The third-order valence-electron chi connectivity index (χ3n) is 6.06. The molecule has 0 bridgehead atoms. The minimum atomic E-state index is -4.19. The zero-order chi connectivity index (χ0) is 27.9. The van der Waals surface area contributed by atoms with E-state index < -0.39 is 28.5 Å². The number of aryl methyl sites for hydroxylation is 1. The summed E-state index contributed by atoms with van der Waals surface area (Å²) in [5.41, 5.74) is 1.72. The lowest BCUT2D eigenvalue weighted by Crippen LogP contribution is -2.51. The highest BCUT2D eigenvalue weighted by Crippen LogP contribution is 2.32. The Hall–Kier alpha value is -3.56. The summed E-state index contributed by atoms with van der Waals surface area (Å²) >= 11 is 6.36. The number of methoxy groups -OCH3 is 1. The molecule has 0 radical (unpaired) electrons. The minimum absolute atomic E-state index is 0.0150. The van der Waals surface area contributed by atoms with Crippen LogP contribution < -0.4 is 14.4 Å². The van der Waals surface area contributed by atoms with Crippen LogP contribution in [-0.2, 0) is 26.2 Å². The molecule has 38 heavy (non-hydrogen) atoms. The predicted octanol–water partition coefficient (Wildman–Crippen LogP) is 4.41. The normalized spacial score (nSPS) is 11.9.